The molecule has 1 saturated heterocycles. The number of benzene rings is 1. The zero-order valence-corrected chi connectivity index (χ0v) is 12.0. The van der Waals surface area contributed by atoms with Crippen molar-refractivity contribution in [3.8, 4) is 17.9 Å². The smallest absolute Gasteiger partial charge is 0.148 e. The number of thioether (sulfide) groups is 1. The van der Waals surface area contributed by atoms with Crippen molar-refractivity contribution in [1.29, 1.82) is 10.5 Å². The van der Waals surface area contributed by atoms with Gasteiger partial charge >= 0.3 is 0 Å². The molecule has 0 bridgehead atoms. The molecule has 104 valence electrons. The van der Waals surface area contributed by atoms with Gasteiger partial charge in [-0.2, -0.15) is 23.2 Å². The maximum atomic E-state index is 9.96. The Labute approximate surface area is 126 Å². The van der Waals surface area contributed by atoms with Gasteiger partial charge in [-0.1, -0.05) is 0 Å². The molecule has 0 aromatic heterocycles. The van der Waals surface area contributed by atoms with E-state index >= 15 is 0 Å². The number of rotatable bonds is 2. The third-order valence-electron chi connectivity index (χ3n) is 2.94. The van der Waals surface area contributed by atoms with Crippen LogP contribution in [0.25, 0.3) is 0 Å². The minimum atomic E-state index is -1.07. The molecule has 1 fully saturated rings. The average molecular weight is 308 g/mol. The summed E-state index contributed by atoms with van der Waals surface area (Å²) in [5, 5.41) is 37.5. The first-order chi connectivity index (χ1) is 9.56. The number of aliphatic hydroxyl groups is 2. The Morgan fingerprint density at radius 3 is 2.70 bits per heavy atom. The van der Waals surface area contributed by atoms with Gasteiger partial charge in [-0.15, -0.1) is 11.8 Å². The van der Waals surface area contributed by atoms with Crippen molar-refractivity contribution < 1.29 is 14.9 Å². The lowest BCUT2D eigenvalue weighted by molar-refractivity contribution is -0.0372. The highest BCUT2D eigenvalue weighted by Gasteiger charge is 2.38. The fraction of sp³-hybridized carbons (Fsp3) is 0.385. The van der Waals surface area contributed by atoms with E-state index in [9.17, 15) is 10.2 Å². The number of thiol groups is 1. The average Bonchev–Trinajstić information content (AvgIpc) is 2.47. The fourth-order valence-electron chi connectivity index (χ4n) is 1.84. The van der Waals surface area contributed by atoms with Crippen LogP contribution < -0.4 is 4.74 Å². The zero-order valence-electron chi connectivity index (χ0n) is 10.3. The summed E-state index contributed by atoms with van der Waals surface area (Å²) in [6.07, 6.45) is -2.69. The van der Waals surface area contributed by atoms with E-state index in [1.165, 1.54) is 30.0 Å². The summed E-state index contributed by atoms with van der Waals surface area (Å²) < 4.78 is 5.32. The number of ether oxygens (including phenoxy) is 1. The highest BCUT2D eigenvalue weighted by atomic mass is 32.2. The van der Waals surface area contributed by atoms with Crippen LogP contribution in [0.3, 0.4) is 0 Å². The van der Waals surface area contributed by atoms with Gasteiger partial charge in [0, 0.05) is 5.75 Å². The molecule has 20 heavy (non-hydrogen) atoms. The molecule has 0 amide bonds. The van der Waals surface area contributed by atoms with E-state index in [0.29, 0.717) is 11.3 Å². The van der Waals surface area contributed by atoms with Crippen LogP contribution in [0, 0.1) is 22.7 Å². The quantitative estimate of drug-likeness (QED) is 0.702. The minimum absolute atomic E-state index is 0.210. The van der Waals surface area contributed by atoms with Crippen LogP contribution in [0.1, 0.15) is 11.1 Å². The molecule has 0 radical (unpaired) electrons. The Morgan fingerprint density at radius 2 is 2.05 bits per heavy atom. The summed E-state index contributed by atoms with van der Waals surface area (Å²) >= 11 is 5.69. The van der Waals surface area contributed by atoms with Crippen molar-refractivity contribution in [3.63, 3.8) is 0 Å². The molecular formula is C13H12N2O3S2. The number of nitriles is 2. The van der Waals surface area contributed by atoms with E-state index in [1.807, 2.05) is 12.1 Å². The van der Waals surface area contributed by atoms with Gasteiger partial charge in [-0.05, 0) is 18.2 Å². The summed E-state index contributed by atoms with van der Waals surface area (Å²) in [5.41, 5.74) is 0.566. The van der Waals surface area contributed by atoms with E-state index in [2.05, 4.69) is 12.6 Å². The SMILES string of the molecule is N#Cc1ccc(O[C@@H]2[C@@H](O)[C@H](O)CS[C@H]2S)c(C#N)c1. The molecule has 2 N–H and O–H groups in total. The largest absolute Gasteiger partial charge is 0.484 e. The summed E-state index contributed by atoms with van der Waals surface area (Å²) in [4.78, 5) is 0. The van der Waals surface area contributed by atoms with Crippen molar-refractivity contribution in [2.45, 2.75) is 22.9 Å². The van der Waals surface area contributed by atoms with Gasteiger partial charge in [0.2, 0.25) is 0 Å². The molecule has 1 heterocycles. The highest BCUT2D eigenvalue weighted by molar-refractivity contribution is 8.10. The van der Waals surface area contributed by atoms with Crippen molar-refractivity contribution in [2.75, 3.05) is 5.75 Å². The topological polar surface area (TPSA) is 97.3 Å². The first-order valence-corrected chi connectivity index (χ1v) is 7.40. The molecule has 0 spiro atoms. The molecule has 5 nitrogen and oxygen atoms in total. The van der Waals surface area contributed by atoms with Crippen molar-refractivity contribution in [3.05, 3.63) is 29.3 Å². The molecule has 1 aliphatic rings. The summed E-state index contributed by atoms with van der Waals surface area (Å²) in [6, 6.07) is 8.35. The Hall–Kier alpha value is -1.38. The lowest BCUT2D eigenvalue weighted by atomic mass is 10.1. The second-order valence-electron chi connectivity index (χ2n) is 4.30. The third kappa shape index (κ3) is 3.02. The Morgan fingerprint density at radius 1 is 1.30 bits per heavy atom. The maximum absolute atomic E-state index is 9.96. The van der Waals surface area contributed by atoms with Gasteiger partial charge in [0.25, 0.3) is 0 Å². The predicted molar refractivity (Wildman–Crippen MR) is 77.5 cm³/mol. The molecular weight excluding hydrogens is 296 g/mol. The molecule has 1 aromatic carbocycles. The van der Waals surface area contributed by atoms with E-state index in [0.717, 1.165) is 0 Å². The molecule has 7 heteroatoms. The van der Waals surface area contributed by atoms with Gasteiger partial charge in [0.1, 0.15) is 24.0 Å². The van der Waals surface area contributed by atoms with Crippen molar-refractivity contribution >= 4 is 24.4 Å². The first kappa shape index (κ1) is 15.0. The van der Waals surface area contributed by atoms with Gasteiger partial charge in [0.05, 0.1) is 27.9 Å². The lowest BCUT2D eigenvalue weighted by Crippen LogP contribution is -2.50. The van der Waals surface area contributed by atoms with Crippen LogP contribution in [0.2, 0.25) is 0 Å². The van der Waals surface area contributed by atoms with Gasteiger partial charge in [-0.25, -0.2) is 0 Å². The Balaban J connectivity index is 2.25. The van der Waals surface area contributed by atoms with Crippen LogP contribution in [-0.4, -0.2) is 38.9 Å². The zero-order chi connectivity index (χ0) is 14.7. The minimum Gasteiger partial charge on any atom is -0.484 e. The van der Waals surface area contributed by atoms with E-state index < -0.39 is 18.3 Å². The number of nitrogens with zero attached hydrogens (tertiary/aromatic N) is 2. The molecule has 4 atom stereocenters. The number of aliphatic hydroxyl groups excluding tert-OH is 2. The van der Waals surface area contributed by atoms with E-state index in [4.69, 9.17) is 15.3 Å². The lowest BCUT2D eigenvalue weighted by Gasteiger charge is -2.35. The second kappa shape index (κ2) is 6.38. The van der Waals surface area contributed by atoms with E-state index in [1.54, 1.807) is 0 Å². The van der Waals surface area contributed by atoms with Crippen LogP contribution in [0.4, 0.5) is 0 Å². The predicted octanol–water partition coefficient (Wildman–Crippen LogP) is 0.902. The monoisotopic (exact) mass is 308 g/mol. The third-order valence-corrected chi connectivity index (χ3v) is 4.83. The van der Waals surface area contributed by atoms with Crippen molar-refractivity contribution in [1.82, 2.24) is 0 Å². The van der Waals surface area contributed by atoms with Gasteiger partial charge in [-0.3, -0.25) is 0 Å². The van der Waals surface area contributed by atoms with Gasteiger partial charge < -0.3 is 14.9 Å². The van der Waals surface area contributed by atoms with Crippen LogP contribution >= 0.6 is 24.4 Å². The highest BCUT2D eigenvalue weighted by Crippen LogP contribution is 2.33. The number of hydrogen-bond acceptors (Lipinski definition) is 7. The summed E-state index contributed by atoms with van der Waals surface area (Å²) in [6.45, 7) is 0. The van der Waals surface area contributed by atoms with Crippen molar-refractivity contribution in [2.24, 2.45) is 0 Å². The maximum Gasteiger partial charge on any atom is 0.148 e. The molecule has 1 aliphatic heterocycles. The van der Waals surface area contributed by atoms with Crippen LogP contribution in [0.15, 0.2) is 18.2 Å². The molecule has 0 unspecified atom stereocenters. The molecule has 0 aliphatic carbocycles. The summed E-state index contributed by atoms with van der Waals surface area (Å²) in [5.74, 6) is 0.650. The Kier molecular flexibility index (Phi) is 4.79. The molecule has 0 saturated carbocycles. The normalized spacial score (nSPS) is 29.2. The molecule has 1 aromatic rings. The summed E-state index contributed by atoms with van der Waals surface area (Å²) in [7, 11) is 0. The Bertz CT molecular complexity index is 582. The van der Waals surface area contributed by atoms with Gasteiger partial charge in [0.15, 0.2) is 0 Å². The second-order valence-corrected chi connectivity index (χ2v) is 6.38. The fourth-order valence-corrected chi connectivity index (χ4v) is 3.34. The van der Waals surface area contributed by atoms with Crippen LogP contribution in [-0.2, 0) is 0 Å². The van der Waals surface area contributed by atoms with Crippen LogP contribution in [0.5, 0.6) is 5.75 Å². The number of hydrogen-bond donors (Lipinski definition) is 3. The molecule has 2 rings (SSSR count). The first-order valence-electron chi connectivity index (χ1n) is 5.83. The van der Waals surface area contributed by atoms with E-state index in [-0.39, 0.29) is 15.9 Å². The standard InChI is InChI=1S/C13H12N2O3S2/c14-4-7-1-2-10(8(3-7)5-15)18-12-11(17)9(16)6-20-13(12)19/h1-3,9,11-13,16-17,19H,6H2/t9-,11+,12-,13-/m1/s1.